The van der Waals surface area contributed by atoms with Crippen LogP contribution in [0.25, 0.3) is 0 Å². The number of alkyl halides is 2. The van der Waals surface area contributed by atoms with Crippen LogP contribution in [0.3, 0.4) is 0 Å². The second-order valence-corrected chi connectivity index (χ2v) is 22.2. The minimum atomic E-state index is -2.50. The minimum absolute atomic E-state index is 0. The molecule has 382 valence electrons. The Morgan fingerprint density at radius 1 is 0.417 bits per heavy atom. The zero-order chi connectivity index (χ0) is 47.6. The van der Waals surface area contributed by atoms with Crippen molar-refractivity contribution in [2.75, 3.05) is 84.6 Å². The normalized spacial score (nSPS) is 14.0. The van der Waals surface area contributed by atoms with Crippen LogP contribution < -0.4 is 69.0 Å². The topological polar surface area (TPSA) is 67.7 Å². The molecule has 0 amide bonds. The molecule has 1 aliphatic heterocycles. The molecule has 72 heavy (non-hydrogen) atoms. The number of halogens is 5. The Balaban J connectivity index is 0.000000662. The van der Waals surface area contributed by atoms with E-state index in [2.05, 4.69) is 195 Å². The van der Waals surface area contributed by atoms with Gasteiger partial charge in [0.2, 0.25) is 7.41 Å². The van der Waals surface area contributed by atoms with Crippen molar-refractivity contribution < 1.29 is 65.6 Å². The van der Waals surface area contributed by atoms with Gasteiger partial charge in [0, 0.05) is 29.1 Å². The predicted molar refractivity (Wildman–Crippen MR) is 294 cm³/mol. The first-order valence-electron chi connectivity index (χ1n) is 22.8. The maximum Gasteiger partial charge on any atom is 4.00 e. The first-order chi connectivity index (χ1) is 33.6. The van der Waals surface area contributed by atoms with Gasteiger partial charge >= 0.3 is 23.9 Å². The van der Waals surface area contributed by atoms with Gasteiger partial charge in [-0.05, 0) is 36.4 Å². The number of ether oxygens (including phenoxy) is 6. The molecule has 15 heteroatoms. The van der Waals surface area contributed by atoms with Crippen LogP contribution >= 0.6 is 37.7 Å². The van der Waals surface area contributed by atoms with Crippen LogP contribution in [-0.4, -0.2) is 109 Å². The van der Waals surface area contributed by atoms with E-state index in [1.165, 1.54) is 31.8 Å². The van der Waals surface area contributed by atoms with E-state index in [1.54, 1.807) is 0 Å². The molecule has 0 bridgehead atoms. The second-order valence-electron chi connectivity index (χ2n) is 15.0. The van der Waals surface area contributed by atoms with E-state index in [0.29, 0.717) is 79.3 Å². The smallest absolute Gasteiger partial charge is 1.00 e. The van der Waals surface area contributed by atoms with E-state index >= 15 is 0 Å². The Morgan fingerprint density at radius 3 is 0.889 bits per heavy atom. The van der Waals surface area contributed by atoms with Crippen molar-refractivity contribution in [3.8, 4) is 0 Å². The number of benzene rings is 7. The molecule has 0 radical (unpaired) electrons. The summed E-state index contributed by atoms with van der Waals surface area (Å²) in [4.78, 5) is 0. The molecule has 1 heterocycles. The van der Waals surface area contributed by atoms with E-state index in [-0.39, 0.29) is 72.4 Å². The standard InChI is InChI=1S/C36H30NP2.C14H27O6.C6H5.CH2Cl2.3ClH.Sn/c1-7-19-31(20-8-1)38(32-21-9-2-10-22-32,33-23-11-3-12-24-33)37-39(34-25-13-4-14-26-34,35-27-15-5-16-28-35)36-29-17-6-18-30-36;1-14-12-19-10-8-17-6-4-15-2-3-16-5-7-18-9-11-20-13-14;1-2-4-6-5-3-1;2-1-3;;;;/h1-30H;14H,1-13H2;1-5H;1H2;3*1H;/q+1;2*-1;;;;;+4/p-3. The van der Waals surface area contributed by atoms with E-state index in [9.17, 15) is 0 Å². The van der Waals surface area contributed by atoms with Gasteiger partial charge in [-0.25, -0.2) is 0 Å². The summed E-state index contributed by atoms with van der Waals surface area (Å²) in [6.07, 6.45) is 0. The molecule has 7 aromatic rings. The fourth-order valence-electron chi connectivity index (χ4n) is 7.16. The van der Waals surface area contributed by atoms with Crippen LogP contribution in [0.1, 0.15) is 0 Å². The molecular formula is C57H64Cl5NO6P2Sn. The number of rotatable bonds is 7. The van der Waals surface area contributed by atoms with E-state index in [4.69, 9.17) is 56.1 Å². The summed E-state index contributed by atoms with van der Waals surface area (Å²) in [5.74, 6) is 0.128. The second kappa shape index (κ2) is 41.5. The third kappa shape index (κ3) is 22.6. The molecule has 0 aromatic heterocycles. The molecule has 1 aliphatic rings. The summed E-state index contributed by atoms with van der Waals surface area (Å²) in [6.45, 7) is 10.8. The predicted octanol–water partition coefficient (Wildman–Crippen LogP) is 1.16. The molecule has 0 aliphatic carbocycles. The fraction of sp³-hybridized carbons (Fsp3) is 0.246. The van der Waals surface area contributed by atoms with Crippen molar-refractivity contribution >= 4 is 93.4 Å². The van der Waals surface area contributed by atoms with Crippen molar-refractivity contribution in [3.05, 3.63) is 225 Å². The maximum atomic E-state index is 6.38. The van der Waals surface area contributed by atoms with E-state index in [1.807, 2.05) is 30.3 Å². The molecule has 8 rings (SSSR count). The van der Waals surface area contributed by atoms with E-state index < -0.39 is 14.5 Å². The summed E-state index contributed by atoms with van der Waals surface area (Å²) in [6, 6.07) is 78.2. The van der Waals surface area contributed by atoms with Crippen LogP contribution in [0, 0.1) is 18.9 Å². The number of hydrogen-bond donors (Lipinski definition) is 0. The molecule has 0 spiro atoms. The van der Waals surface area contributed by atoms with Gasteiger partial charge in [-0.15, -0.1) is 33.6 Å². The third-order valence-corrected chi connectivity index (χ3v) is 18.6. The van der Waals surface area contributed by atoms with Crippen LogP contribution in [0.15, 0.2) is 217 Å². The van der Waals surface area contributed by atoms with Crippen LogP contribution in [0.4, 0.5) is 0 Å². The van der Waals surface area contributed by atoms with Gasteiger partial charge in [0.15, 0.2) is 0 Å². The number of nitrogens with zero attached hydrogens (tertiary/aromatic N) is 1. The third-order valence-electron chi connectivity index (χ3n) is 10.2. The Bertz CT molecular complexity index is 2120. The first kappa shape index (κ1) is 67.2. The van der Waals surface area contributed by atoms with Gasteiger partial charge in [0.25, 0.3) is 0 Å². The van der Waals surface area contributed by atoms with Crippen LogP contribution in [-0.2, 0) is 28.4 Å². The summed E-state index contributed by atoms with van der Waals surface area (Å²) in [5.41, 5.74) is 0. The molecule has 0 N–H and O–H groups in total. The molecule has 1 fully saturated rings. The van der Waals surface area contributed by atoms with Gasteiger partial charge in [-0.2, -0.15) is 36.4 Å². The van der Waals surface area contributed by atoms with Gasteiger partial charge in [-0.1, -0.05) is 146 Å². The maximum absolute atomic E-state index is 6.38. The Morgan fingerprint density at radius 2 is 0.653 bits per heavy atom. The largest absolute Gasteiger partial charge is 4.00 e. The molecule has 0 saturated carbocycles. The van der Waals surface area contributed by atoms with Gasteiger partial charge in [-0.3, -0.25) is 0 Å². The quantitative estimate of drug-likeness (QED) is 0.104. The summed E-state index contributed by atoms with van der Waals surface area (Å²) in [7, 11) is -4.99. The zero-order valence-electron chi connectivity index (χ0n) is 40.4. The monoisotopic (exact) mass is 1220 g/mol. The van der Waals surface area contributed by atoms with Crippen molar-refractivity contribution in [2.24, 2.45) is 10.4 Å². The SMILES string of the molecule is ClCCl.[CH2-]C1COCCOCCOCCOCCOCCOC1.[Cl-].[Cl-].[Cl-].[Sn+4].[c-]1ccccc1.c1ccc(P(=N[P+](c2ccccc2)(c2ccccc2)c2ccccc2)(c2ccccc2)c2ccccc2)cc1. The zero-order valence-corrected chi connectivity index (χ0v) is 48.8. The van der Waals surface area contributed by atoms with Gasteiger partial charge < -0.3 is 72.6 Å². The Hall–Kier alpha value is -2.79. The van der Waals surface area contributed by atoms with Crippen molar-refractivity contribution in [3.63, 3.8) is 0 Å². The molecule has 1 saturated heterocycles. The Kier molecular flexibility index (Phi) is 38.7. The average molecular weight is 1220 g/mol. The first-order valence-corrected chi connectivity index (χ1v) is 27.4. The summed E-state index contributed by atoms with van der Waals surface area (Å²) in [5, 5.41) is 7.75. The molecule has 0 atom stereocenters. The van der Waals surface area contributed by atoms with E-state index in [0.717, 1.165) is 0 Å². The van der Waals surface area contributed by atoms with Crippen molar-refractivity contribution in [1.29, 1.82) is 0 Å². The van der Waals surface area contributed by atoms with Crippen molar-refractivity contribution in [1.82, 2.24) is 0 Å². The average Bonchev–Trinajstić information content (AvgIpc) is 3.41. The molecule has 7 nitrogen and oxygen atoms in total. The number of hydrogen-bond acceptors (Lipinski definition) is 7. The van der Waals surface area contributed by atoms with Gasteiger partial charge in [0.05, 0.1) is 71.4 Å². The van der Waals surface area contributed by atoms with Crippen LogP contribution in [0.5, 0.6) is 0 Å². The molecule has 0 unspecified atom stereocenters. The molecule has 7 aromatic carbocycles. The van der Waals surface area contributed by atoms with Crippen LogP contribution in [0.2, 0.25) is 0 Å². The Labute approximate surface area is 475 Å². The summed E-state index contributed by atoms with van der Waals surface area (Å²) >= 11 is 9.53. The minimum Gasteiger partial charge on any atom is -1.00 e. The summed E-state index contributed by atoms with van der Waals surface area (Å²) < 4.78 is 38.7. The van der Waals surface area contributed by atoms with Gasteiger partial charge in [0.1, 0.15) is 23.0 Å². The van der Waals surface area contributed by atoms with Crippen molar-refractivity contribution in [2.45, 2.75) is 0 Å². The molecular weight excluding hydrogens is 1150 g/mol. The fourth-order valence-corrected chi connectivity index (χ4v) is 16.7.